The Morgan fingerprint density at radius 3 is 2.50 bits per heavy atom. The minimum absolute atomic E-state index is 0.126. The standard InChI is InChI=1S/C12H20N2/c1-9-4-3-5-11(8-9)12(14)7-6-10(2)13/h3-5,8,10,12H,6-7,13-14H2,1-2H3. The third kappa shape index (κ3) is 3.48. The Morgan fingerprint density at radius 2 is 1.93 bits per heavy atom. The molecule has 0 fully saturated rings. The molecule has 0 aliphatic heterocycles. The molecule has 78 valence electrons. The van der Waals surface area contributed by atoms with E-state index >= 15 is 0 Å². The van der Waals surface area contributed by atoms with Crippen molar-refractivity contribution in [1.82, 2.24) is 0 Å². The quantitative estimate of drug-likeness (QED) is 0.767. The van der Waals surface area contributed by atoms with Crippen LogP contribution in [0, 0.1) is 6.92 Å². The van der Waals surface area contributed by atoms with Gasteiger partial charge in [-0.2, -0.15) is 0 Å². The number of benzene rings is 1. The van der Waals surface area contributed by atoms with Crippen LogP contribution < -0.4 is 11.5 Å². The van der Waals surface area contributed by atoms with Crippen LogP contribution in [0.4, 0.5) is 0 Å². The summed E-state index contributed by atoms with van der Waals surface area (Å²) in [5, 5.41) is 0. The molecule has 0 bridgehead atoms. The van der Waals surface area contributed by atoms with Crippen molar-refractivity contribution >= 4 is 0 Å². The van der Waals surface area contributed by atoms with E-state index in [1.807, 2.05) is 6.92 Å². The third-order valence-electron chi connectivity index (χ3n) is 2.40. The Labute approximate surface area is 86.3 Å². The molecule has 0 aromatic heterocycles. The van der Waals surface area contributed by atoms with Crippen LogP contribution in [0.25, 0.3) is 0 Å². The number of rotatable bonds is 4. The van der Waals surface area contributed by atoms with Gasteiger partial charge in [-0.25, -0.2) is 0 Å². The first-order chi connectivity index (χ1) is 6.59. The highest BCUT2D eigenvalue weighted by Crippen LogP contribution is 2.17. The van der Waals surface area contributed by atoms with Crippen LogP contribution in [-0.2, 0) is 0 Å². The molecule has 1 aromatic carbocycles. The van der Waals surface area contributed by atoms with Gasteiger partial charge in [0, 0.05) is 12.1 Å². The zero-order chi connectivity index (χ0) is 10.6. The summed E-state index contributed by atoms with van der Waals surface area (Å²) in [4.78, 5) is 0. The fourth-order valence-corrected chi connectivity index (χ4v) is 1.51. The topological polar surface area (TPSA) is 52.0 Å². The minimum atomic E-state index is 0.126. The molecule has 2 nitrogen and oxygen atoms in total. The molecular weight excluding hydrogens is 172 g/mol. The lowest BCUT2D eigenvalue weighted by Gasteiger charge is -2.13. The van der Waals surface area contributed by atoms with E-state index in [0.29, 0.717) is 0 Å². The third-order valence-corrected chi connectivity index (χ3v) is 2.40. The van der Waals surface area contributed by atoms with Gasteiger partial charge >= 0.3 is 0 Å². The average molecular weight is 192 g/mol. The van der Waals surface area contributed by atoms with Crippen LogP contribution in [0.2, 0.25) is 0 Å². The van der Waals surface area contributed by atoms with Gasteiger partial charge in [0.25, 0.3) is 0 Å². The monoisotopic (exact) mass is 192 g/mol. The Balaban J connectivity index is 2.56. The fourth-order valence-electron chi connectivity index (χ4n) is 1.51. The van der Waals surface area contributed by atoms with E-state index in [1.165, 1.54) is 11.1 Å². The fraction of sp³-hybridized carbons (Fsp3) is 0.500. The molecule has 1 rings (SSSR count). The highest BCUT2D eigenvalue weighted by atomic mass is 14.6. The number of aryl methyl sites for hydroxylation is 1. The smallest absolute Gasteiger partial charge is 0.0295 e. The molecular formula is C12H20N2. The van der Waals surface area contributed by atoms with Gasteiger partial charge in [-0.1, -0.05) is 29.8 Å². The molecule has 0 amide bonds. The van der Waals surface area contributed by atoms with E-state index in [4.69, 9.17) is 11.5 Å². The van der Waals surface area contributed by atoms with Crippen molar-refractivity contribution < 1.29 is 0 Å². The van der Waals surface area contributed by atoms with Gasteiger partial charge < -0.3 is 11.5 Å². The maximum atomic E-state index is 6.06. The van der Waals surface area contributed by atoms with E-state index in [1.54, 1.807) is 0 Å². The zero-order valence-corrected chi connectivity index (χ0v) is 9.03. The maximum Gasteiger partial charge on any atom is 0.0295 e. The van der Waals surface area contributed by atoms with Gasteiger partial charge in [-0.15, -0.1) is 0 Å². The molecule has 14 heavy (non-hydrogen) atoms. The summed E-state index contributed by atoms with van der Waals surface area (Å²) >= 11 is 0. The number of hydrogen-bond acceptors (Lipinski definition) is 2. The van der Waals surface area contributed by atoms with Gasteiger partial charge in [0.2, 0.25) is 0 Å². The molecule has 0 spiro atoms. The molecule has 0 aliphatic rings. The van der Waals surface area contributed by atoms with Gasteiger partial charge in [0.05, 0.1) is 0 Å². The summed E-state index contributed by atoms with van der Waals surface area (Å²) in [5.41, 5.74) is 14.2. The molecule has 2 atom stereocenters. The lowest BCUT2D eigenvalue weighted by molar-refractivity contribution is 0.555. The first-order valence-electron chi connectivity index (χ1n) is 5.17. The molecule has 4 N–H and O–H groups in total. The van der Waals surface area contributed by atoms with Crippen molar-refractivity contribution in [2.45, 2.75) is 38.8 Å². The van der Waals surface area contributed by atoms with E-state index in [2.05, 4.69) is 31.2 Å². The lowest BCUT2D eigenvalue weighted by atomic mass is 9.99. The van der Waals surface area contributed by atoms with E-state index in [-0.39, 0.29) is 12.1 Å². The molecule has 0 aliphatic carbocycles. The lowest BCUT2D eigenvalue weighted by Crippen LogP contribution is -2.18. The second-order valence-electron chi connectivity index (χ2n) is 4.08. The van der Waals surface area contributed by atoms with Gasteiger partial charge in [0.15, 0.2) is 0 Å². The maximum absolute atomic E-state index is 6.06. The first-order valence-corrected chi connectivity index (χ1v) is 5.17. The van der Waals surface area contributed by atoms with Gasteiger partial charge in [-0.05, 0) is 32.3 Å². The van der Waals surface area contributed by atoms with Crippen molar-refractivity contribution in [3.8, 4) is 0 Å². The molecule has 0 saturated carbocycles. The van der Waals surface area contributed by atoms with E-state index in [9.17, 15) is 0 Å². The van der Waals surface area contributed by atoms with Crippen LogP contribution in [0.1, 0.15) is 36.9 Å². The van der Waals surface area contributed by atoms with Crippen LogP contribution >= 0.6 is 0 Å². The summed E-state index contributed by atoms with van der Waals surface area (Å²) < 4.78 is 0. The molecule has 0 heterocycles. The normalized spacial score (nSPS) is 15.1. The van der Waals surface area contributed by atoms with Gasteiger partial charge in [0.1, 0.15) is 0 Å². The van der Waals surface area contributed by atoms with Crippen molar-refractivity contribution in [1.29, 1.82) is 0 Å². The van der Waals surface area contributed by atoms with Crippen molar-refractivity contribution in [3.05, 3.63) is 35.4 Å². The molecule has 0 radical (unpaired) electrons. The molecule has 2 unspecified atom stereocenters. The van der Waals surface area contributed by atoms with Crippen LogP contribution in [0.5, 0.6) is 0 Å². The van der Waals surface area contributed by atoms with Crippen molar-refractivity contribution in [3.63, 3.8) is 0 Å². The van der Waals surface area contributed by atoms with E-state index < -0.39 is 0 Å². The summed E-state index contributed by atoms with van der Waals surface area (Å²) in [7, 11) is 0. The van der Waals surface area contributed by atoms with Gasteiger partial charge in [-0.3, -0.25) is 0 Å². The van der Waals surface area contributed by atoms with E-state index in [0.717, 1.165) is 12.8 Å². The summed E-state index contributed by atoms with van der Waals surface area (Å²) in [6.45, 7) is 4.10. The second kappa shape index (κ2) is 5.13. The van der Waals surface area contributed by atoms with Crippen LogP contribution in [0.3, 0.4) is 0 Å². The number of hydrogen-bond donors (Lipinski definition) is 2. The minimum Gasteiger partial charge on any atom is -0.328 e. The zero-order valence-electron chi connectivity index (χ0n) is 9.03. The van der Waals surface area contributed by atoms with Crippen LogP contribution in [0.15, 0.2) is 24.3 Å². The Hall–Kier alpha value is -0.860. The predicted molar refractivity (Wildman–Crippen MR) is 61.0 cm³/mol. The summed E-state index contributed by atoms with van der Waals surface area (Å²) in [5.74, 6) is 0. The Morgan fingerprint density at radius 1 is 1.21 bits per heavy atom. The Bertz CT molecular complexity index is 281. The highest BCUT2D eigenvalue weighted by molar-refractivity contribution is 5.24. The first kappa shape index (κ1) is 11.2. The average Bonchev–Trinajstić information content (AvgIpc) is 2.14. The highest BCUT2D eigenvalue weighted by Gasteiger charge is 2.06. The van der Waals surface area contributed by atoms with Crippen molar-refractivity contribution in [2.75, 3.05) is 0 Å². The SMILES string of the molecule is Cc1cccc(C(N)CCC(C)N)c1. The largest absolute Gasteiger partial charge is 0.328 e. The number of nitrogens with two attached hydrogens (primary N) is 2. The predicted octanol–water partition coefficient (Wildman–Crippen LogP) is 2.12. The van der Waals surface area contributed by atoms with Crippen LogP contribution in [-0.4, -0.2) is 6.04 Å². The van der Waals surface area contributed by atoms with Crippen molar-refractivity contribution in [2.24, 2.45) is 11.5 Å². The Kier molecular flexibility index (Phi) is 4.11. The molecule has 2 heteroatoms. The second-order valence-corrected chi connectivity index (χ2v) is 4.08. The molecule has 1 aromatic rings. The summed E-state index contributed by atoms with van der Waals surface area (Å²) in [6.07, 6.45) is 1.94. The summed E-state index contributed by atoms with van der Waals surface area (Å²) in [6, 6.07) is 8.73. The molecule has 0 saturated heterocycles.